The Morgan fingerprint density at radius 1 is 1.00 bits per heavy atom. The fourth-order valence-corrected chi connectivity index (χ4v) is 0.797. The molecule has 5 N–H and O–H groups in total. The standard InChI is InChI=1S/C9H10.C6H14O2.BH3O3/c1-3-9-6-4-5-8(2)7-9;1-5(2,7)6(3,4)8;2-1(3)4/h3-7H,1H2,2H3;7-8H,1-4H3;2-4H. The minimum Gasteiger partial charge on any atom is -0.402 e. The lowest BCUT2D eigenvalue weighted by molar-refractivity contribution is -0.107. The molecule has 1 aromatic rings. The number of rotatable bonds is 2. The van der Waals surface area contributed by atoms with Gasteiger partial charge in [0.2, 0.25) is 0 Å². The molecule has 0 aliphatic heterocycles. The molecule has 0 aliphatic carbocycles. The van der Waals surface area contributed by atoms with Crippen molar-refractivity contribution < 1.29 is 25.3 Å². The molecular formula is C15H27BO5. The summed E-state index contributed by atoms with van der Waals surface area (Å²) in [5.74, 6) is 0. The van der Waals surface area contributed by atoms with E-state index in [1.807, 2.05) is 18.2 Å². The smallest absolute Gasteiger partial charge is 0.402 e. The van der Waals surface area contributed by atoms with Gasteiger partial charge in [0.15, 0.2) is 0 Å². The maximum Gasteiger partial charge on any atom is 0.631 e. The van der Waals surface area contributed by atoms with Gasteiger partial charge in [-0.1, -0.05) is 42.5 Å². The Balaban J connectivity index is 0. The van der Waals surface area contributed by atoms with Crippen molar-refractivity contribution in [1.82, 2.24) is 0 Å². The Morgan fingerprint density at radius 2 is 1.38 bits per heavy atom. The van der Waals surface area contributed by atoms with E-state index in [0.29, 0.717) is 0 Å². The molecule has 0 radical (unpaired) electrons. The predicted octanol–water partition coefficient (Wildman–Crippen LogP) is 1.11. The zero-order chi connectivity index (χ0) is 17.3. The van der Waals surface area contributed by atoms with Crippen LogP contribution in [-0.2, 0) is 0 Å². The van der Waals surface area contributed by atoms with Gasteiger partial charge < -0.3 is 25.3 Å². The summed E-state index contributed by atoms with van der Waals surface area (Å²) < 4.78 is 0. The summed E-state index contributed by atoms with van der Waals surface area (Å²) in [5, 5.41) is 39.7. The van der Waals surface area contributed by atoms with Crippen molar-refractivity contribution in [2.45, 2.75) is 45.8 Å². The molecule has 0 bridgehead atoms. The van der Waals surface area contributed by atoms with Crippen molar-refractivity contribution in [1.29, 1.82) is 0 Å². The number of aliphatic hydroxyl groups is 2. The van der Waals surface area contributed by atoms with Crippen molar-refractivity contribution in [2.24, 2.45) is 0 Å². The first kappa shape index (κ1) is 22.1. The van der Waals surface area contributed by atoms with Crippen LogP contribution < -0.4 is 0 Å². The Labute approximate surface area is 127 Å². The molecule has 0 unspecified atom stereocenters. The quantitative estimate of drug-likeness (QED) is 0.527. The first-order valence-electron chi connectivity index (χ1n) is 6.49. The maximum absolute atomic E-state index is 9.10. The topological polar surface area (TPSA) is 101 Å². The van der Waals surface area contributed by atoms with Crippen molar-refractivity contribution in [2.75, 3.05) is 0 Å². The molecule has 0 saturated heterocycles. The molecule has 21 heavy (non-hydrogen) atoms. The lowest BCUT2D eigenvalue weighted by Crippen LogP contribution is -2.44. The third kappa shape index (κ3) is 13.6. The molecule has 0 aromatic heterocycles. The number of benzene rings is 1. The van der Waals surface area contributed by atoms with Crippen LogP contribution in [0, 0.1) is 6.92 Å². The van der Waals surface area contributed by atoms with Crippen LogP contribution in [0.2, 0.25) is 0 Å². The lowest BCUT2D eigenvalue weighted by atomic mass is 9.90. The Morgan fingerprint density at radius 3 is 1.57 bits per heavy atom. The van der Waals surface area contributed by atoms with Gasteiger partial charge in [0.1, 0.15) is 0 Å². The van der Waals surface area contributed by atoms with E-state index in [0.717, 1.165) is 0 Å². The first-order valence-corrected chi connectivity index (χ1v) is 6.49. The van der Waals surface area contributed by atoms with Gasteiger partial charge in [0, 0.05) is 0 Å². The highest BCUT2D eigenvalue weighted by molar-refractivity contribution is 6.30. The third-order valence-corrected chi connectivity index (χ3v) is 2.78. The Hall–Kier alpha value is -1.18. The molecule has 1 rings (SSSR count). The first-order chi connectivity index (χ1) is 9.31. The second kappa shape index (κ2) is 9.71. The molecule has 0 amide bonds. The van der Waals surface area contributed by atoms with Crippen molar-refractivity contribution in [3.8, 4) is 0 Å². The van der Waals surface area contributed by atoms with Gasteiger partial charge in [-0.05, 0) is 40.2 Å². The van der Waals surface area contributed by atoms with Gasteiger partial charge >= 0.3 is 7.32 Å². The van der Waals surface area contributed by atoms with Crippen LogP contribution in [0.5, 0.6) is 0 Å². The molecule has 0 fully saturated rings. The summed E-state index contributed by atoms with van der Waals surface area (Å²) in [4.78, 5) is 0. The van der Waals surface area contributed by atoms with Gasteiger partial charge in [-0.2, -0.15) is 0 Å². The summed E-state index contributed by atoms with van der Waals surface area (Å²) in [6.45, 7) is 12.1. The van der Waals surface area contributed by atoms with Crippen LogP contribution in [0.15, 0.2) is 30.8 Å². The second-order valence-corrected chi connectivity index (χ2v) is 5.58. The molecule has 0 saturated carbocycles. The van der Waals surface area contributed by atoms with Gasteiger partial charge in [0.05, 0.1) is 11.2 Å². The number of hydrogen-bond acceptors (Lipinski definition) is 5. The summed E-state index contributed by atoms with van der Waals surface area (Å²) in [5.41, 5.74) is 0.461. The van der Waals surface area contributed by atoms with Crippen LogP contribution >= 0.6 is 0 Å². The highest BCUT2D eigenvalue weighted by atomic mass is 16.5. The molecule has 0 spiro atoms. The largest absolute Gasteiger partial charge is 0.631 e. The predicted molar refractivity (Wildman–Crippen MR) is 86.3 cm³/mol. The second-order valence-electron chi connectivity index (χ2n) is 5.58. The van der Waals surface area contributed by atoms with E-state index in [-0.39, 0.29) is 0 Å². The molecule has 0 heterocycles. The minimum absolute atomic E-state index is 1.01. The normalized spacial score (nSPS) is 10.6. The van der Waals surface area contributed by atoms with Crippen LogP contribution in [0.3, 0.4) is 0 Å². The van der Waals surface area contributed by atoms with E-state index in [1.54, 1.807) is 27.7 Å². The van der Waals surface area contributed by atoms with Crippen molar-refractivity contribution in [3.63, 3.8) is 0 Å². The SMILES string of the molecule is C=Cc1cccc(C)c1.CC(C)(O)C(C)(C)O.OB(O)O. The van der Waals surface area contributed by atoms with Crippen molar-refractivity contribution >= 4 is 13.4 Å². The summed E-state index contributed by atoms with van der Waals surface area (Å²) in [7, 11) is -2.17. The Kier molecular flexibility index (Phi) is 10.2. The zero-order valence-corrected chi connectivity index (χ0v) is 13.4. The van der Waals surface area contributed by atoms with Gasteiger partial charge in [-0.3, -0.25) is 0 Å². The highest BCUT2D eigenvalue weighted by Crippen LogP contribution is 2.19. The fourth-order valence-electron chi connectivity index (χ4n) is 0.797. The average molecular weight is 298 g/mol. The maximum atomic E-state index is 9.10. The van der Waals surface area contributed by atoms with E-state index in [1.165, 1.54) is 11.1 Å². The summed E-state index contributed by atoms with van der Waals surface area (Å²) >= 11 is 0. The average Bonchev–Trinajstić information content (AvgIpc) is 2.26. The van der Waals surface area contributed by atoms with E-state index < -0.39 is 18.5 Å². The molecule has 0 atom stereocenters. The minimum atomic E-state index is -2.17. The van der Waals surface area contributed by atoms with Gasteiger partial charge in [0.25, 0.3) is 0 Å². The fraction of sp³-hybridized carbons (Fsp3) is 0.467. The van der Waals surface area contributed by atoms with Gasteiger partial charge in [-0.25, -0.2) is 0 Å². The van der Waals surface area contributed by atoms with Crippen LogP contribution in [0.25, 0.3) is 6.08 Å². The van der Waals surface area contributed by atoms with Crippen molar-refractivity contribution in [3.05, 3.63) is 42.0 Å². The van der Waals surface area contributed by atoms with Gasteiger partial charge in [-0.15, -0.1) is 0 Å². The number of hydrogen-bond donors (Lipinski definition) is 5. The lowest BCUT2D eigenvalue weighted by Gasteiger charge is -2.31. The van der Waals surface area contributed by atoms with E-state index >= 15 is 0 Å². The summed E-state index contributed by atoms with van der Waals surface area (Å²) in [6.07, 6.45) is 1.85. The van der Waals surface area contributed by atoms with E-state index in [2.05, 4.69) is 25.6 Å². The van der Waals surface area contributed by atoms with Crippen LogP contribution in [0.1, 0.15) is 38.8 Å². The van der Waals surface area contributed by atoms with Crippen LogP contribution in [-0.4, -0.2) is 43.8 Å². The van der Waals surface area contributed by atoms with E-state index in [9.17, 15) is 0 Å². The third-order valence-electron chi connectivity index (χ3n) is 2.78. The molecule has 0 aliphatic rings. The van der Waals surface area contributed by atoms with E-state index in [4.69, 9.17) is 25.3 Å². The molecule has 120 valence electrons. The zero-order valence-electron chi connectivity index (χ0n) is 13.4. The molecule has 1 aromatic carbocycles. The highest BCUT2D eigenvalue weighted by Gasteiger charge is 2.31. The number of aryl methyl sites for hydroxylation is 1. The van der Waals surface area contributed by atoms with Crippen LogP contribution in [0.4, 0.5) is 0 Å². The molecule has 6 heteroatoms. The monoisotopic (exact) mass is 298 g/mol. The summed E-state index contributed by atoms with van der Waals surface area (Å²) in [6, 6.07) is 8.26. The molecular weight excluding hydrogens is 271 g/mol. The molecule has 5 nitrogen and oxygen atoms in total. The Bertz CT molecular complexity index is 391.